The third kappa shape index (κ3) is 1.50. The Morgan fingerprint density at radius 1 is 1.36 bits per heavy atom. The molecule has 9 nitrogen and oxygen atoms in total. The first-order chi connectivity index (χ1) is 6.43. The molecule has 0 radical (unpaired) electrons. The van der Waals surface area contributed by atoms with Gasteiger partial charge < -0.3 is 5.21 Å². The van der Waals surface area contributed by atoms with Crippen LogP contribution in [0.15, 0.2) is 12.3 Å². The summed E-state index contributed by atoms with van der Waals surface area (Å²) in [7, 11) is 0. The molecule has 1 rings (SSSR count). The van der Waals surface area contributed by atoms with Gasteiger partial charge in [-0.3, -0.25) is 25.6 Å². The number of nitro groups is 2. The molecule has 0 atom stereocenters. The Bertz CT molecular complexity index is 464. The van der Waals surface area contributed by atoms with Crippen molar-refractivity contribution in [2.45, 2.75) is 0 Å². The second-order valence-electron chi connectivity index (χ2n) is 2.29. The Kier molecular flexibility index (Phi) is 2.15. The maximum atomic E-state index is 10.3. The molecule has 1 heterocycles. The SMILES string of the molecule is N=c1c([N+](=O)[O-])cc([N+](=O)[O-])cn1O. The van der Waals surface area contributed by atoms with Gasteiger partial charge in [0.1, 0.15) is 6.20 Å². The molecule has 0 saturated heterocycles. The highest BCUT2D eigenvalue weighted by molar-refractivity contribution is 5.38. The predicted molar refractivity (Wildman–Crippen MR) is 40.8 cm³/mol. The van der Waals surface area contributed by atoms with Crippen LogP contribution in [0.1, 0.15) is 0 Å². The molecular formula is C5H4N4O5. The first kappa shape index (κ1) is 9.64. The molecule has 2 N–H and O–H groups in total. The van der Waals surface area contributed by atoms with Gasteiger partial charge in [0.15, 0.2) is 0 Å². The number of pyridine rings is 1. The number of hydrogen-bond acceptors (Lipinski definition) is 6. The lowest BCUT2D eigenvalue weighted by Crippen LogP contribution is -2.20. The topological polar surface area (TPSA) is 135 Å². The van der Waals surface area contributed by atoms with Crippen LogP contribution in [0.25, 0.3) is 0 Å². The summed E-state index contributed by atoms with van der Waals surface area (Å²) in [5, 5.41) is 36.4. The molecule has 0 bridgehead atoms. The molecule has 9 heteroatoms. The zero-order chi connectivity index (χ0) is 10.9. The highest BCUT2D eigenvalue weighted by atomic mass is 16.6. The number of rotatable bonds is 2. The van der Waals surface area contributed by atoms with Gasteiger partial charge in [0, 0.05) is 0 Å². The molecule has 1 aromatic heterocycles. The molecule has 14 heavy (non-hydrogen) atoms. The van der Waals surface area contributed by atoms with Crippen LogP contribution in [-0.4, -0.2) is 19.8 Å². The van der Waals surface area contributed by atoms with Crippen molar-refractivity contribution in [3.05, 3.63) is 38.0 Å². The second kappa shape index (κ2) is 3.12. The third-order valence-electron chi connectivity index (χ3n) is 1.42. The lowest BCUT2D eigenvalue weighted by molar-refractivity contribution is -0.396. The van der Waals surface area contributed by atoms with Crippen LogP contribution in [0.2, 0.25) is 0 Å². The summed E-state index contributed by atoms with van der Waals surface area (Å²) in [5.41, 5.74) is -2.31. The van der Waals surface area contributed by atoms with Crippen LogP contribution in [-0.2, 0) is 0 Å². The summed E-state index contributed by atoms with van der Waals surface area (Å²) in [6.07, 6.45) is 0.606. The van der Waals surface area contributed by atoms with E-state index >= 15 is 0 Å². The van der Waals surface area contributed by atoms with Crippen LogP contribution in [0.4, 0.5) is 11.4 Å². The highest BCUT2D eigenvalue weighted by Crippen LogP contribution is 2.13. The Morgan fingerprint density at radius 2 is 1.93 bits per heavy atom. The summed E-state index contributed by atoms with van der Waals surface area (Å²) < 4.78 is 0.0241. The summed E-state index contributed by atoms with van der Waals surface area (Å²) in [4.78, 5) is 18.6. The molecule has 0 aliphatic carbocycles. The first-order valence-corrected chi connectivity index (χ1v) is 3.23. The van der Waals surface area contributed by atoms with E-state index in [9.17, 15) is 20.2 Å². The van der Waals surface area contributed by atoms with Crippen LogP contribution >= 0.6 is 0 Å². The largest absolute Gasteiger partial charge is 0.426 e. The molecule has 0 aliphatic heterocycles. The smallest absolute Gasteiger partial charge is 0.321 e. The number of aromatic nitrogens is 1. The van der Waals surface area contributed by atoms with Gasteiger partial charge in [0.05, 0.1) is 15.9 Å². The van der Waals surface area contributed by atoms with E-state index in [0.29, 0.717) is 12.3 Å². The third-order valence-corrected chi connectivity index (χ3v) is 1.42. The molecule has 0 amide bonds. The maximum Gasteiger partial charge on any atom is 0.321 e. The van der Waals surface area contributed by atoms with E-state index in [1.54, 1.807) is 0 Å². The van der Waals surface area contributed by atoms with E-state index in [0.717, 1.165) is 0 Å². The van der Waals surface area contributed by atoms with Crippen molar-refractivity contribution in [3.8, 4) is 0 Å². The van der Waals surface area contributed by atoms with Gasteiger partial charge in [0.25, 0.3) is 5.69 Å². The average Bonchev–Trinajstić information content (AvgIpc) is 2.08. The quantitative estimate of drug-likeness (QED) is 0.394. The summed E-state index contributed by atoms with van der Waals surface area (Å²) in [5.74, 6) is 0. The van der Waals surface area contributed by atoms with E-state index in [1.165, 1.54) is 0 Å². The van der Waals surface area contributed by atoms with Crippen LogP contribution in [0.3, 0.4) is 0 Å². The van der Waals surface area contributed by atoms with Crippen LogP contribution in [0, 0.1) is 25.6 Å². The van der Waals surface area contributed by atoms with Gasteiger partial charge in [0.2, 0.25) is 5.49 Å². The Morgan fingerprint density at radius 3 is 2.36 bits per heavy atom. The van der Waals surface area contributed by atoms with Crippen molar-refractivity contribution in [1.82, 2.24) is 4.73 Å². The fourth-order valence-electron chi connectivity index (χ4n) is 0.792. The Labute approximate surface area is 75.6 Å². The molecular weight excluding hydrogens is 196 g/mol. The summed E-state index contributed by atoms with van der Waals surface area (Å²) in [6.45, 7) is 0. The van der Waals surface area contributed by atoms with Gasteiger partial charge in [-0.25, -0.2) is 0 Å². The lowest BCUT2D eigenvalue weighted by Gasteiger charge is -1.97. The predicted octanol–water partition coefficient (Wildman–Crippen LogP) is 0.0213. The summed E-state index contributed by atoms with van der Waals surface area (Å²) in [6, 6.07) is 0.606. The minimum absolute atomic E-state index is 0.0241. The van der Waals surface area contributed by atoms with Gasteiger partial charge in [-0.05, 0) is 0 Å². The zero-order valence-electron chi connectivity index (χ0n) is 6.58. The normalized spacial score (nSPS) is 9.71. The van der Waals surface area contributed by atoms with E-state index in [2.05, 4.69) is 0 Å². The van der Waals surface area contributed by atoms with E-state index in [-0.39, 0.29) is 4.73 Å². The number of nitrogens with zero attached hydrogens (tertiary/aromatic N) is 3. The van der Waals surface area contributed by atoms with Crippen molar-refractivity contribution in [2.24, 2.45) is 0 Å². The van der Waals surface area contributed by atoms with E-state index in [4.69, 9.17) is 10.6 Å². The lowest BCUT2D eigenvalue weighted by atomic mass is 10.4. The molecule has 0 aromatic carbocycles. The van der Waals surface area contributed by atoms with Crippen molar-refractivity contribution >= 4 is 11.4 Å². The van der Waals surface area contributed by atoms with E-state index in [1.807, 2.05) is 0 Å². The standard InChI is InChI=1S/C5H4N4O5/c6-5-4(9(13)14)1-3(8(11)12)2-7(5)10/h1-2,6,10H. The number of hydrogen-bond donors (Lipinski definition) is 2. The van der Waals surface area contributed by atoms with Crippen LogP contribution < -0.4 is 5.49 Å². The molecule has 0 unspecified atom stereocenters. The van der Waals surface area contributed by atoms with Crippen molar-refractivity contribution < 1.29 is 15.1 Å². The minimum atomic E-state index is -0.984. The van der Waals surface area contributed by atoms with Crippen molar-refractivity contribution in [1.29, 1.82) is 5.41 Å². The van der Waals surface area contributed by atoms with E-state index < -0.39 is 26.7 Å². The van der Waals surface area contributed by atoms with Crippen molar-refractivity contribution in [2.75, 3.05) is 0 Å². The number of nitrogens with one attached hydrogen (secondary N) is 1. The van der Waals surface area contributed by atoms with Crippen molar-refractivity contribution in [3.63, 3.8) is 0 Å². The fourth-order valence-corrected chi connectivity index (χ4v) is 0.792. The van der Waals surface area contributed by atoms with Gasteiger partial charge in [-0.15, -0.1) is 0 Å². The maximum absolute atomic E-state index is 10.3. The van der Waals surface area contributed by atoms with Gasteiger partial charge in [-0.1, -0.05) is 0 Å². The molecule has 0 aliphatic rings. The zero-order valence-corrected chi connectivity index (χ0v) is 6.58. The minimum Gasteiger partial charge on any atom is -0.426 e. The first-order valence-electron chi connectivity index (χ1n) is 3.23. The second-order valence-corrected chi connectivity index (χ2v) is 2.29. The Hall–Kier alpha value is -2.45. The molecule has 1 aromatic rings. The molecule has 0 spiro atoms. The summed E-state index contributed by atoms with van der Waals surface area (Å²) >= 11 is 0. The Balaban J connectivity index is 3.51. The van der Waals surface area contributed by atoms with Gasteiger partial charge in [-0.2, -0.15) is 4.73 Å². The molecule has 0 saturated carbocycles. The van der Waals surface area contributed by atoms with Gasteiger partial charge >= 0.3 is 5.69 Å². The molecule has 74 valence electrons. The van der Waals surface area contributed by atoms with Crippen LogP contribution in [0.5, 0.6) is 0 Å². The molecule has 0 fully saturated rings. The average molecular weight is 200 g/mol. The fraction of sp³-hybridized carbons (Fsp3) is 0. The highest BCUT2D eigenvalue weighted by Gasteiger charge is 2.19. The monoisotopic (exact) mass is 200 g/mol.